The van der Waals surface area contributed by atoms with E-state index in [0.717, 1.165) is 23.9 Å². The van der Waals surface area contributed by atoms with Gasteiger partial charge in [-0.15, -0.1) is 0 Å². The third-order valence-corrected chi connectivity index (χ3v) is 4.62. The molecule has 116 valence electrons. The number of rotatable bonds is 3. The zero-order chi connectivity index (χ0) is 15.8. The number of fused-ring (bicyclic) bond motifs is 1. The van der Waals surface area contributed by atoms with Crippen molar-refractivity contribution in [1.82, 2.24) is 10.1 Å². The minimum atomic E-state index is 0.0789. The van der Waals surface area contributed by atoms with Crippen molar-refractivity contribution < 1.29 is 9.32 Å². The van der Waals surface area contributed by atoms with Gasteiger partial charge in [0.2, 0.25) is 5.91 Å². The lowest BCUT2D eigenvalue weighted by molar-refractivity contribution is -0.138. The molecule has 0 saturated carbocycles. The van der Waals surface area contributed by atoms with E-state index in [1.54, 1.807) is 0 Å². The van der Waals surface area contributed by atoms with Crippen LogP contribution in [-0.2, 0) is 11.2 Å². The Hall–Kier alpha value is -2.33. The lowest BCUT2D eigenvalue weighted by Gasteiger charge is -2.41. The summed E-state index contributed by atoms with van der Waals surface area (Å²) < 4.78 is 5.27. The van der Waals surface area contributed by atoms with E-state index in [4.69, 9.17) is 16.1 Å². The molecule has 4 rings (SSSR count). The number of nitrogens with zero attached hydrogens (tertiary/aromatic N) is 2. The molecule has 0 N–H and O–H groups in total. The minimum Gasteiger partial charge on any atom is -0.356 e. The van der Waals surface area contributed by atoms with Crippen molar-refractivity contribution in [3.05, 3.63) is 64.8 Å². The maximum Gasteiger partial charge on any atom is 0.229 e. The van der Waals surface area contributed by atoms with Crippen molar-refractivity contribution in [2.24, 2.45) is 0 Å². The molecule has 2 heterocycles. The first-order valence-corrected chi connectivity index (χ1v) is 7.98. The van der Waals surface area contributed by atoms with Gasteiger partial charge in [-0.3, -0.25) is 4.79 Å². The molecule has 23 heavy (non-hydrogen) atoms. The van der Waals surface area contributed by atoms with Crippen LogP contribution in [0.3, 0.4) is 0 Å². The van der Waals surface area contributed by atoms with Gasteiger partial charge >= 0.3 is 0 Å². The summed E-state index contributed by atoms with van der Waals surface area (Å²) >= 11 is 5.93. The van der Waals surface area contributed by atoms with Gasteiger partial charge in [0.1, 0.15) is 5.69 Å². The van der Waals surface area contributed by atoms with E-state index in [0.29, 0.717) is 16.3 Å². The average Bonchev–Trinajstić information content (AvgIpc) is 2.92. The summed E-state index contributed by atoms with van der Waals surface area (Å²) in [4.78, 5) is 14.5. The first-order chi connectivity index (χ1) is 11.2. The van der Waals surface area contributed by atoms with Gasteiger partial charge in [0, 0.05) is 17.0 Å². The monoisotopic (exact) mass is 326 g/mol. The topological polar surface area (TPSA) is 46.3 Å². The number of likely N-dealkylation sites (tertiary alicyclic amines) is 1. The summed E-state index contributed by atoms with van der Waals surface area (Å²) in [6, 6.07) is 15.4. The Kier molecular flexibility index (Phi) is 3.54. The van der Waals surface area contributed by atoms with Crippen molar-refractivity contribution in [2.75, 3.05) is 6.54 Å². The zero-order valence-electron chi connectivity index (χ0n) is 12.4. The summed E-state index contributed by atoms with van der Waals surface area (Å²) in [6.07, 6.45) is 1.24. The number of para-hydroxylation sites is 1. The second-order valence-corrected chi connectivity index (χ2v) is 6.18. The van der Waals surface area contributed by atoms with Crippen LogP contribution >= 0.6 is 11.6 Å². The lowest BCUT2D eigenvalue weighted by Crippen LogP contribution is -2.45. The zero-order valence-corrected chi connectivity index (χ0v) is 13.2. The highest BCUT2D eigenvalue weighted by Gasteiger charge is 2.33. The molecule has 1 atom stereocenters. The van der Waals surface area contributed by atoms with Crippen molar-refractivity contribution >= 4 is 28.5 Å². The fourth-order valence-corrected chi connectivity index (χ4v) is 3.15. The maximum absolute atomic E-state index is 12.6. The van der Waals surface area contributed by atoms with E-state index >= 15 is 0 Å². The quantitative estimate of drug-likeness (QED) is 0.731. The molecular formula is C18H15ClN2O2. The molecule has 0 spiro atoms. The third-order valence-electron chi connectivity index (χ3n) is 4.37. The SMILES string of the molecule is O=C(Cc1noc2ccccc12)N1CC[C@H]1c1ccc(Cl)cc1. The predicted octanol–water partition coefficient (Wildman–Crippen LogP) is 4.00. The van der Waals surface area contributed by atoms with Crippen LogP contribution in [0.25, 0.3) is 11.0 Å². The molecule has 0 radical (unpaired) electrons. The summed E-state index contributed by atoms with van der Waals surface area (Å²) in [5.74, 6) is 0.0789. The van der Waals surface area contributed by atoms with Crippen molar-refractivity contribution in [1.29, 1.82) is 0 Å². The highest BCUT2D eigenvalue weighted by Crippen LogP contribution is 2.34. The second kappa shape index (κ2) is 5.70. The molecular weight excluding hydrogens is 312 g/mol. The van der Waals surface area contributed by atoms with Gasteiger partial charge in [0.15, 0.2) is 5.58 Å². The lowest BCUT2D eigenvalue weighted by atomic mass is 9.94. The number of benzene rings is 2. The predicted molar refractivity (Wildman–Crippen MR) is 88.2 cm³/mol. The van der Waals surface area contributed by atoms with E-state index in [1.165, 1.54) is 0 Å². The van der Waals surface area contributed by atoms with Gasteiger partial charge in [-0.1, -0.05) is 41.0 Å². The number of amides is 1. The second-order valence-electron chi connectivity index (χ2n) is 5.75. The van der Waals surface area contributed by atoms with E-state index in [9.17, 15) is 4.79 Å². The fourth-order valence-electron chi connectivity index (χ4n) is 3.03. The molecule has 1 aliphatic rings. The number of carbonyl (C=O) groups is 1. The smallest absolute Gasteiger partial charge is 0.229 e. The molecule has 3 aromatic rings. The number of hydrogen-bond acceptors (Lipinski definition) is 3. The average molecular weight is 327 g/mol. The van der Waals surface area contributed by atoms with Crippen molar-refractivity contribution in [3.8, 4) is 0 Å². The summed E-state index contributed by atoms with van der Waals surface area (Å²) in [5, 5.41) is 5.66. The van der Waals surface area contributed by atoms with Gasteiger partial charge in [-0.25, -0.2) is 0 Å². The van der Waals surface area contributed by atoms with Gasteiger partial charge in [0.05, 0.1) is 12.5 Å². The van der Waals surface area contributed by atoms with E-state index in [1.807, 2.05) is 53.4 Å². The summed E-state index contributed by atoms with van der Waals surface area (Å²) in [5.41, 5.74) is 2.54. The Morgan fingerprint density at radius 3 is 2.74 bits per heavy atom. The molecule has 0 aliphatic carbocycles. The van der Waals surface area contributed by atoms with Crippen LogP contribution in [0.2, 0.25) is 5.02 Å². The molecule has 1 saturated heterocycles. The van der Waals surface area contributed by atoms with Crippen LogP contribution in [0.15, 0.2) is 53.1 Å². The highest BCUT2D eigenvalue weighted by molar-refractivity contribution is 6.30. The molecule has 1 aromatic heterocycles. The van der Waals surface area contributed by atoms with Crippen LogP contribution in [0.5, 0.6) is 0 Å². The Morgan fingerprint density at radius 1 is 1.22 bits per heavy atom. The van der Waals surface area contributed by atoms with Gasteiger partial charge in [-0.2, -0.15) is 0 Å². The molecule has 0 unspecified atom stereocenters. The van der Waals surface area contributed by atoms with Gasteiger partial charge < -0.3 is 9.42 Å². The first-order valence-electron chi connectivity index (χ1n) is 7.60. The van der Waals surface area contributed by atoms with Crippen LogP contribution in [-0.4, -0.2) is 22.5 Å². The highest BCUT2D eigenvalue weighted by atomic mass is 35.5. The third kappa shape index (κ3) is 2.59. The summed E-state index contributed by atoms with van der Waals surface area (Å²) in [7, 11) is 0. The van der Waals surface area contributed by atoms with Crippen molar-refractivity contribution in [2.45, 2.75) is 18.9 Å². The van der Waals surface area contributed by atoms with E-state index in [-0.39, 0.29) is 18.4 Å². The maximum atomic E-state index is 12.6. The molecule has 1 amide bonds. The Labute approximate surface area is 138 Å². The molecule has 1 fully saturated rings. The number of hydrogen-bond donors (Lipinski definition) is 0. The van der Waals surface area contributed by atoms with Crippen LogP contribution in [0, 0.1) is 0 Å². The summed E-state index contributed by atoms with van der Waals surface area (Å²) in [6.45, 7) is 0.780. The largest absolute Gasteiger partial charge is 0.356 e. The number of carbonyl (C=O) groups excluding carboxylic acids is 1. The van der Waals surface area contributed by atoms with Crippen LogP contribution in [0.4, 0.5) is 0 Å². The fraction of sp³-hybridized carbons (Fsp3) is 0.222. The van der Waals surface area contributed by atoms with E-state index in [2.05, 4.69) is 5.16 Å². The Balaban J connectivity index is 1.52. The number of halogens is 1. The van der Waals surface area contributed by atoms with Crippen LogP contribution in [0.1, 0.15) is 23.7 Å². The molecule has 0 bridgehead atoms. The number of aromatic nitrogens is 1. The Bertz CT molecular complexity index is 857. The normalized spacial score (nSPS) is 17.3. The minimum absolute atomic E-state index is 0.0789. The first kappa shape index (κ1) is 14.3. The van der Waals surface area contributed by atoms with Crippen LogP contribution < -0.4 is 0 Å². The molecule has 4 nitrogen and oxygen atoms in total. The molecule has 1 aliphatic heterocycles. The Morgan fingerprint density at radius 2 is 2.00 bits per heavy atom. The standard InChI is InChI=1S/C18H15ClN2O2/c19-13-7-5-12(6-8-13)16-9-10-21(16)18(22)11-15-14-3-1-2-4-17(14)23-20-15/h1-8,16H,9-11H2/t16-/m0/s1. The van der Waals surface area contributed by atoms with Gasteiger partial charge in [-0.05, 0) is 36.2 Å². The van der Waals surface area contributed by atoms with Crippen molar-refractivity contribution in [3.63, 3.8) is 0 Å². The van der Waals surface area contributed by atoms with Gasteiger partial charge in [0.25, 0.3) is 0 Å². The van der Waals surface area contributed by atoms with E-state index < -0.39 is 0 Å². The molecule has 5 heteroatoms. The molecule has 2 aromatic carbocycles.